The van der Waals surface area contributed by atoms with E-state index >= 15 is 0 Å². The van der Waals surface area contributed by atoms with Crippen LogP contribution in [0, 0.1) is 0 Å². The second kappa shape index (κ2) is 4.40. The minimum Gasteiger partial charge on any atom is -0.481 e. The zero-order valence-corrected chi connectivity index (χ0v) is 7.65. The number of anilines is 1. The summed E-state index contributed by atoms with van der Waals surface area (Å²) in [6.07, 6.45) is 2.78. The van der Waals surface area contributed by atoms with Gasteiger partial charge in [-0.15, -0.1) is 0 Å². The molecule has 1 unspecified atom stereocenters. The summed E-state index contributed by atoms with van der Waals surface area (Å²) in [6, 6.07) is -0.330. The maximum atomic E-state index is 11.1. The molecule has 76 valence electrons. The van der Waals surface area contributed by atoms with Crippen LogP contribution in [0.25, 0.3) is 0 Å². The fourth-order valence-corrected chi connectivity index (χ4v) is 1.00. The Bertz CT molecular complexity index is 374. The molecule has 1 aromatic heterocycles. The van der Waals surface area contributed by atoms with Crippen molar-refractivity contribution < 1.29 is 9.90 Å². The third-order valence-electron chi connectivity index (χ3n) is 1.57. The standard InChI is InChI=1S/C8H11N3O3/c1-5(4-6(12)13)11-7-8(14)10-3-2-9-7/h2-3,5H,4H2,1H3,(H,9,11)(H,10,14)(H,12,13). The molecular weight excluding hydrogens is 186 g/mol. The molecule has 14 heavy (non-hydrogen) atoms. The van der Waals surface area contributed by atoms with E-state index in [-0.39, 0.29) is 23.8 Å². The Kier molecular flexibility index (Phi) is 3.22. The molecule has 6 nitrogen and oxygen atoms in total. The van der Waals surface area contributed by atoms with Gasteiger partial charge in [0.15, 0.2) is 5.82 Å². The molecule has 0 aliphatic heterocycles. The number of hydrogen-bond donors (Lipinski definition) is 3. The molecule has 0 saturated carbocycles. The summed E-state index contributed by atoms with van der Waals surface area (Å²) in [5.74, 6) is -0.779. The maximum Gasteiger partial charge on any atom is 0.305 e. The monoisotopic (exact) mass is 197 g/mol. The number of hydrogen-bond acceptors (Lipinski definition) is 4. The molecule has 0 fully saturated rings. The van der Waals surface area contributed by atoms with E-state index in [0.29, 0.717) is 0 Å². The SMILES string of the molecule is CC(CC(=O)O)Nc1ncc[nH]c1=O. The molecule has 0 amide bonds. The first-order valence-corrected chi connectivity index (χ1v) is 4.11. The van der Waals surface area contributed by atoms with Gasteiger partial charge in [-0.1, -0.05) is 0 Å². The first-order chi connectivity index (χ1) is 6.59. The first kappa shape index (κ1) is 10.2. The second-order valence-corrected chi connectivity index (χ2v) is 2.91. The maximum absolute atomic E-state index is 11.1. The van der Waals surface area contributed by atoms with Gasteiger partial charge in [0.2, 0.25) is 0 Å². The number of aliphatic carboxylic acids is 1. The summed E-state index contributed by atoms with van der Waals surface area (Å²) >= 11 is 0. The smallest absolute Gasteiger partial charge is 0.305 e. The van der Waals surface area contributed by atoms with Crippen molar-refractivity contribution >= 4 is 11.8 Å². The summed E-state index contributed by atoms with van der Waals surface area (Å²) in [5.41, 5.74) is -0.357. The average molecular weight is 197 g/mol. The molecule has 0 bridgehead atoms. The van der Waals surface area contributed by atoms with E-state index in [9.17, 15) is 9.59 Å². The van der Waals surface area contributed by atoms with Crippen molar-refractivity contribution in [1.82, 2.24) is 9.97 Å². The van der Waals surface area contributed by atoms with Crippen LogP contribution in [0.2, 0.25) is 0 Å². The largest absolute Gasteiger partial charge is 0.481 e. The van der Waals surface area contributed by atoms with Crippen molar-refractivity contribution in [3.8, 4) is 0 Å². The topological polar surface area (TPSA) is 95.1 Å². The van der Waals surface area contributed by atoms with Gasteiger partial charge >= 0.3 is 5.97 Å². The number of carboxylic acids is 1. The van der Waals surface area contributed by atoms with Crippen molar-refractivity contribution in [2.45, 2.75) is 19.4 Å². The van der Waals surface area contributed by atoms with E-state index in [1.165, 1.54) is 12.4 Å². The molecule has 1 aromatic rings. The van der Waals surface area contributed by atoms with Crippen LogP contribution in [-0.4, -0.2) is 27.1 Å². The minimum absolute atomic E-state index is 0.0595. The Morgan fingerprint density at radius 2 is 2.50 bits per heavy atom. The lowest BCUT2D eigenvalue weighted by atomic mass is 10.2. The molecule has 0 spiro atoms. The zero-order chi connectivity index (χ0) is 10.6. The van der Waals surface area contributed by atoms with Gasteiger partial charge in [0.25, 0.3) is 5.56 Å². The molecule has 0 radical (unpaired) electrons. The van der Waals surface area contributed by atoms with Gasteiger partial charge in [-0.25, -0.2) is 4.98 Å². The predicted octanol–water partition coefficient (Wildman–Crippen LogP) is 0.0450. The normalized spacial score (nSPS) is 12.1. The number of aromatic amines is 1. The van der Waals surface area contributed by atoms with Gasteiger partial charge < -0.3 is 15.4 Å². The fourth-order valence-electron chi connectivity index (χ4n) is 1.00. The first-order valence-electron chi connectivity index (χ1n) is 4.11. The molecular formula is C8H11N3O3. The Morgan fingerprint density at radius 3 is 3.07 bits per heavy atom. The lowest BCUT2D eigenvalue weighted by Crippen LogP contribution is -2.24. The summed E-state index contributed by atoms with van der Waals surface area (Å²) in [5, 5.41) is 11.2. The van der Waals surface area contributed by atoms with Crippen LogP contribution in [-0.2, 0) is 4.79 Å². The van der Waals surface area contributed by atoms with E-state index in [4.69, 9.17) is 5.11 Å². The number of rotatable bonds is 4. The summed E-state index contributed by atoms with van der Waals surface area (Å²) < 4.78 is 0. The number of nitrogens with zero attached hydrogens (tertiary/aromatic N) is 1. The van der Waals surface area contributed by atoms with Gasteiger partial charge in [0.1, 0.15) is 0 Å². The van der Waals surface area contributed by atoms with Crippen molar-refractivity contribution in [3.63, 3.8) is 0 Å². The van der Waals surface area contributed by atoms with Crippen LogP contribution < -0.4 is 10.9 Å². The summed E-state index contributed by atoms with van der Waals surface area (Å²) in [6.45, 7) is 1.67. The molecule has 6 heteroatoms. The van der Waals surface area contributed by atoms with Crippen molar-refractivity contribution in [2.24, 2.45) is 0 Å². The number of H-pyrrole nitrogens is 1. The fraction of sp³-hybridized carbons (Fsp3) is 0.375. The molecule has 0 aliphatic rings. The van der Waals surface area contributed by atoms with Crippen LogP contribution in [0.3, 0.4) is 0 Å². The quantitative estimate of drug-likeness (QED) is 0.633. The van der Waals surface area contributed by atoms with E-state index in [1.54, 1.807) is 6.92 Å². The van der Waals surface area contributed by atoms with Crippen molar-refractivity contribution in [2.75, 3.05) is 5.32 Å². The van der Waals surface area contributed by atoms with Gasteiger partial charge in [0, 0.05) is 18.4 Å². The molecule has 1 atom stereocenters. The average Bonchev–Trinajstić information content (AvgIpc) is 2.07. The second-order valence-electron chi connectivity index (χ2n) is 2.91. The van der Waals surface area contributed by atoms with Gasteiger partial charge in [-0.2, -0.15) is 0 Å². The minimum atomic E-state index is -0.919. The van der Waals surface area contributed by atoms with E-state index in [2.05, 4.69) is 15.3 Å². The van der Waals surface area contributed by atoms with Crippen LogP contribution in [0.5, 0.6) is 0 Å². The van der Waals surface area contributed by atoms with Gasteiger partial charge in [0.05, 0.1) is 6.42 Å². The van der Waals surface area contributed by atoms with Gasteiger partial charge in [-0.3, -0.25) is 9.59 Å². The molecule has 0 saturated heterocycles. The lowest BCUT2D eigenvalue weighted by Gasteiger charge is -2.10. The number of carbonyl (C=O) groups is 1. The van der Waals surface area contributed by atoms with Crippen LogP contribution in [0.4, 0.5) is 5.82 Å². The van der Waals surface area contributed by atoms with Crippen molar-refractivity contribution in [1.29, 1.82) is 0 Å². The third-order valence-corrected chi connectivity index (χ3v) is 1.57. The summed E-state index contributed by atoms with van der Waals surface area (Å²) in [4.78, 5) is 27.7. The van der Waals surface area contributed by atoms with E-state index < -0.39 is 5.97 Å². The molecule has 1 rings (SSSR count). The highest BCUT2D eigenvalue weighted by atomic mass is 16.4. The van der Waals surface area contributed by atoms with E-state index in [0.717, 1.165) is 0 Å². The Morgan fingerprint density at radius 1 is 1.79 bits per heavy atom. The molecule has 0 aliphatic carbocycles. The number of aromatic nitrogens is 2. The lowest BCUT2D eigenvalue weighted by molar-refractivity contribution is -0.137. The summed E-state index contributed by atoms with van der Waals surface area (Å²) in [7, 11) is 0. The van der Waals surface area contributed by atoms with Gasteiger partial charge in [-0.05, 0) is 6.92 Å². The van der Waals surface area contributed by atoms with Crippen LogP contribution in [0.15, 0.2) is 17.2 Å². The third kappa shape index (κ3) is 2.89. The predicted molar refractivity (Wildman–Crippen MR) is 50.2 cm³/mol. The van der Waals surface area contributed by atoms with E-state index in [1.807, 2.05) is 0 Å². The number of nitrogens with one attached hydrogen (secondary N) is 2. The molecule has 1 heterocycles. The van der Waals surface area contributed by atoms with Crippen LogP contribution >= 0.6 is 0 Å². The highest BCUT2D eigenvalue weighted by Gasteiger charge is 2.09. The molecule has 0 aromatic carbocycles. The van der Waals surface area contributed by atoms with Crippen molar-refractivity contribution in [3.05, 3.63) is 22.7 Å². The Labute approximate surface area is 80.0 Å². The zero-order valence-electron chi connectivity index (χ0n) is 7.65. The number of carboxylic acid groups (broad SMARTS) is 1. The highest BCUT2D eigenvalue weighted by Crippen LogP contribution is 1.98. The van der Waals surface area contributed by atoms with Crippen LogP contribution in [0.1, 0.15) is 13.3 Å². The Balaban J connectivity index is 2.65. The Hall–Kier alpha value is -1.85. The molecule has 3 N–H and O–H groups in total. The highest BCUT2D eigenvalue weighted by molar-refractivity contribution is 5.68.